The third kappa shape index (κ3) is 3.47. The number of primary amides is 1. The maximum atomic E-state index is 11.1. The summed E-state index contributed by atoms with van der Waals surface area (Å²) in [6.45, 7) is 6.00. The molecule has 0 radical (unpaired) electrons. The van der Waals surface area contributed by atoms with E-state index in [0.717, 1.165) is 5.69 Å². The summed E-state index contributed by atoms with van der Waals surface area (Å²) in [6.07, 6.45) is -0.661. The van der Waals surface area contributed by atoms with Crippen LogP contribution in [0.15, 0.2) is 6.07 Å². The summed E-state index contributed by atoms with van der Waals surface area (Å²) in [6, 6.07) is 1.59. The van der Waals surface area contributed by atoms with Crippen molar-refractivity contribution in [3.63, 3.8) is 0 Å². The third-order valence-corrected chi connectivity index (χ3v) is 2.48. The van der Waals surface area contributed by atoms with E-state index in [1.807, 2.05) is 6.92 Å². The Kier molecular flexibility index (Phi) is 3.95. The van der Waals surface area contributed by atoms with E-state index in [9.17, 15) is 9.59 Å². The minimum atomic E-state index is -1.09. The molecule has 100 valence electrons. The summed E-state index contributed by atoms with van der Waals surface area (Å²) in [5, 5.41) is 15.2. The minimum Gasteiger partial charge on any atom is -0.465 e. The van der Waals surface area contributed by atoms with Crippen molar-refractivity contribution in [3.05, 3.63) is 17.5 Å². The van der Waals surface area contributed by atoms with E-state index in [2.05, 4.69) is 10.4 Å². The zero-order valence-electron chi connectivity index (χ0n) is 10.7. The van der Waals surface area contributed by atoms with Crippen LogP contribution < -0.4 is 11.1 Å². The molecule has 0 bridgehead atoms. The molecular weight excluding hydrogens is 236 g/mol. The molecule has 18 heavy (non-hydrogen) atoms. The summed E-state index contributed by atoms with van der Waals surface area (Å²) in [5.74, 6) is -0.590. The number of hydrogen-bond donors (Lipinski definition) is 3. The Hall–Kier alpha value is -2.05. The number of carbonyl (C=O) groups is 2. The zero-order chi connectivity index (χ0) is 13.9. The first-order valence-electron chi connectivity index (χ1n) is 5.63. The molecule has 1 aromatic heterocycles. The fourth-order valence-corrected chi connectivity index (χ4v) is 1.78. The second-order valence-corrected chi connectivity index (χ2v) is 4.69. The number of nitrogens with two attached hydrogens (primary N) is 1. The van der Waals surface area contributed by atoms with Crippen LogP contribution in [0.1, 0.15) is 37.0 Å². The lowest BCUT2D eigenvalue weighted by Crippen LogP contribution is -2.44. The summed E-state index contributed by atoms with van der Waals surface area (Å²) in [4.78, 5) is 21.7. The summed E-state index contributed by atoms with van der Waals surface area (Å²) >= 11 is 0. The van der Waals surface area contributed by atoms with Gasteiger partial charge in [0.1, 0.15) is 5.69 Å². The van der Waals surface area contributed by atoms with Crippen LogP contribution >= 0.6 is 0 Å². The van der Waals surface area contributed by atoms with Crippen LogP contribution in [0.3, 0.4) is 0 Å². The van der Waals surface area contributed by atoms with Crippen molar-refractivity contribution in [1.82, 2.24) is 15.1 Å². The molecule has 0 saturated heterocycles. The Balaban J connectivity index is 2.95. The number of nitrogens with zero attached hydrogens (tertiary/aromatic N) is 2. The molecule has 0 unspecified atom stereocenters. The van der Waals surface area contributed by atoms with Gasteiger partial charge in [0.15, 0.2) is 0 Å². The Labute approximate surface area is 105 Å². The highest BCUT2D eigenvalue weighted by atomic mass is 16.4. The first kappa shape index (κ1) is 14.0. The third-order valence-electron chi connectivity index (χ3n) is 2.48. The van der Waals surface area contributed by atoms with E-state index in [1.165, 1.54) is 0 Å². The highest BCUT2D eigenvalue weighted by molar-refractivity contribution is 5.90. The van der Waals surface area contributed by atoms with Gasteiger partial charge in [-0.1, -0.05) is 0 Å². The second-order valence-electron chi connectivity index (χ2n) is 4.69. The molecule has 7 heteroatoms. The van der Waals surface area contributed by atoms with Crippen molar-refractivity contribution in [2.45, 2.75) is 39.3 Å². The van der Waals surface area contributed by atoms with Crippen LogP contribution in [0.5, 0.6) is 0 Å². The van der Waals surface area contributed by atoms with Crippen molar-refractivity contribution < 1.29 is 14.7 Å². The van der Waals surface area contributed by atoms with Crippen molar-refractivity contribution in [2.24, 2.45) is 5.73 Å². The number of carbonyl (C=O) groups excluding carboxylic acids is 1. The lowest BCUT2D eigenvalue weighted by molar-refractivity contribution is 0.0994. The van der Waals surface area contributed by atoms with E-state index in [1.54, 1.807) is 24.6 Å². The SMILES string of the molecule is CCn1nc(C(N)=O)cc1CC(C)(C)NC(=O)O. The van der Waals surface area contributed by atoms with Gasteiger partial charge < -0.3 is 16.2 Å². The summed E-state index contributed by atoms with van der Waals surface area (Å²) < 4.78 is 1.64. The molecule has 0 atom stereocenters. The molecule has 0 fully saturated rings. The number of hydrogen-bond acceptors (Lipinski definition) is 3. The fourth-order valence-electron chi connectivity index (χ4n) is 1.78. The van der Waals surface area contributed by atoms with Crippen LogP contribution in [0.25, 0.3) is 0 Å². The van der Waals surface area contributed by atoms with Crippen LogP contribution in [-0.2, 0) is 13.0 Å². The van der Waals surface area contributed by atoms with Crippen LogP contribution in [0, 0.1) is 0 Å². The second kappa shape index (κ2) is 5.07. The van der Waals surface area contributed by atoms with Crippen molar-refractivity contribution in [1.29, 1.82) is 0 Å². The number of aryl methyl sites for hydroxylation is 1. The van der Waals surface area contributed by atoms with Gasteiger partial charge >= 0.3 is 6.09 Å². The molecule has 0 aliphatic carbocycles. The van der Waals surface area contributed by atoms with Crippen molar-refractivity contribution in [3.8, 4) is 0 Å². The smallest absolute Gasteiger partial charge is 0.405 e. The van der Waals surface area contributed by atoms with Crippen molar-refractivity contribution in [2.75, 3.05) is 0 Å². The molecule has 0 saturated carbocycles. The normalized spacial score (nSPS) is 11.3. The van der Waals surface area contributed by atoms with E-state index < -0.39 is 17.5 Å². The largest absolute Gasteiger partial charge is 0.465 e. The fraction of sp³-hybridized carbons (Fsp3) is 0.545. The molecule has 7 nitrogen and oxygen atoms in total. The molecule has 4 N–H and O–H groups in total. The number of carboxylic acid groups (broad SMARTS) is 1. The Bertz CT molecular complexity index is 465. The van der Waals surface area contributed by atoms with E-state index in [4.69, 9.17) is 10.8 Å². The Morgan fingerprint density at radius 1 is 1.56 bits per heavy atom. The Morgan fingerprint density at radius 3 is 2.61 bits per heavy atom. The lowest BCUT2D eigenvalue weighted by atomic mass is 9.98. The predicted molar refractivity (Wildman–Crippen MR) is 65.4 cm³/mol. The number of rotatable bonds is 5. The predicted octanol–water partition coefficient (Wildman–Crippen LogP) is 0.591. The van der Waals surface area contributed by atoms with Gasteiger partial charge in [0.25, 0.3) is 5.91 Å². The van der Waals surface area contributed by atoms with Gasteiger partial charge in [-0.3, -0.25) is 9.48 Å². The topological polar surface area (TPSA) is 110 Å². The van der Waals surface area contributed by atoms with E-state index in [0.29, 0.717) is 13.0 Å². The van der Waals surface area contributed by atoms with Gasteiger partial charge in [0, 0.05) is 24.2 Å². The summed E-state index contributed by atoms with van der Waals surface area (Å²) in [7, 11) is 0. The average molecular weight is 254 g/mol. The van der Waals surface area contributed by atoms with Gasteiger partial charge in [-0.2, -0.15) is 5.10 Å². The van der Waals surface area contributed by atoms with Crippen LogP contribution in [-0.4, -0.2) is 32.4 Å². The number of aromatic nitrogens is 2. The first-order chi connectivity index (χ1) is 8.25. The maximum absolute atomic E-state index is 11.1. The van der Waals surface area contributed by atoms with Crippen LogP contribution in [0.2, 0.25) is 0 Å². The molecule has 1 aromatic rings. The van der Waals surface area contributed by atoms with Gasteiger partial charge in [0.05, 0.1) is 0 Å². The van der Waals surface area contributed by atoms with Gasteiger partial charge in [-0.05, 0) is 26.8 Å². The first-order valence-corrected chi connectivity index (χ1v) is 5.63. The molecule has 0 spiro atoms. The zero-order valence-corrected chi connectivity index (χ0v) is 10.7. The average Bonchev–Trinajstić information content (AvgIpc) is 2.57. The molecule has 2 amide bonds. The summed E-state index contributed by atoms with van der Waals surface area (Å²) in [5.41, 5.74) is 5.49. The monoisotopic (exact) mass is 254 g/mol. The molecule has 0 aliphatic heterocycles. The lowest BCUT2D eigenvalue weighted by Gasteiger charge is -2.24. The van der Waals surface area contributed by atoms with Gasteiger partial charge in [-0.25, -0.2) is 4.79 Å². The highest BCUT2D eigenvalue weighted by Gasteiger charge is 2.23. The van der Waals surface area contributed by atoms with Crippen LogP contribution in [0.4, 0.5) is 4.79 Å². The van der Waals surface area contributed by atoms with E-state index >= 15 is 0 Å². The van der Waals surface area contributed by atoms with Crippen molar-refractivity contribution >= 4 is 12.0 Å². The Morgan fingerprint density at radius 2 is 2.17 bits per heavy atom. The number of amides is 2. The quantitative estimate of drug-likeness (QED) is 0.714. The molecular formula is C11H18N4O3. The number of nitrogens with one attached hydrogen (secondary N) is 1. The highest BCUT2D eigenvalue weighted by Crippen LogP contribution is 2.14. The van der Waals surface area contributed by atoms with E-state index in [-0.39, 0.29) is 5.69 Å². The molecule has 1 heterocycles. The molecule has 1 rings (SSSR count). The molecule has 0 aromatic carbocycles. The standard InChI is InChI=1S/C11H18N4O3/c1-4-15-7(5-8(14-15)9(12)16)6-11(2,3)13-10(17)18/h5,13H,4,6H2,1-3H3,(H2,12,16)(H,17,18). The van der Waals surface area contributed by atoms with Gasteiger partial charge in [-0.15, -0.1) is 0 Å². The molecule has 0 aliphatic rings. The maximum Gasteiger partial charge on any atom is 0.405 e. The minimum absolute atomic E-state index is 0.193. The van der Waals surface area contributed by atoms with Gasteiger partial charge in [0.2, 0.25) is 0 Å².